The van der Waals surface area contributed by atoms with Crippen molar-refractivity contribution in [2.24, 2.45) is 0 Å². The molecule has 1 aromatic heterocycles. The molecule has 0 atom stereocenters. The highest BCUT2D eigenvalue weighted by molar-refractivity contribution is 6.32. The highest BCUT2D eigenvalue weighted by atomic mass is 35.5. The molecule has 0 saturated carbocycles. The van der Waals surface area contributed by atoms with Crippen LogP contribution in [0.4, 0.5) is 14.5 Å². The number of hydrogen-bond acceptors (Lipinski definition) is 3. The summed E-state index contributed by atoms with van der Waals surface area (Å²) in [7, 11) is 0. The van der Waals surface area contributed by atoms with Crippen LogP contribution in [0.2, 0.25) is 5.15 Å². The first-order valence-electron chi connectivity index (χ1n) is 5.60. The topological polar surface area (TPSA) is 68.0 Å². The Kier molecular flexibility index (Phi) is 4.14. The standard InChI is InChI=1S/C13H10ClF2N3O/c14-12-9(4-8(17)6-18-12)13(20)19-5-7-1-2-10(15)11(16)3-7/h1-4,6H,5,17H2,(H,19,20). The maximum Gasteiger partial charge on any atom is 0.254 e. The predicted molar refractivity (Wildman–Crippen MR) is 71.2 cm³/mol. The Bertz CT molecular complexity index is 664. The van der Waals surface area contributed by atoms with Gasteiger partial charge in [-0.25, -0.2) is 13.8 Å². The minimum Gasteiger partial charge on any atom is -0.397 e. The summed E-state index contributed by atoms with van der Waals surface area (Å²) in [6.07, 6.45) is 1.33. The number of pyridine rings is 1. The van der Waals surface area contributed by atoms with Gasteiger partial charge in [0.2, 0.25) is 0 Å². The lowest BCUT2D eigenvalue weighted by molar-refractivity contribution is 0.0950. The molecule has 3 N–H and O–H groups in total. The predicted octanol–water partition coefficient (Wildman–Crippen LogP) is 2.53. The number of rotatable bonds is 3. The molecular formula is C13H10ClF2N3O. The number of halogens is 3. The fourth-order valence-corrected chi connectivity index (χ4v) is 1.74. The van der Waals surface area contributed by atoms with Crippen LogP contribution in [0.1, 0.15) is 15.9 Å². The molecule has 0 aliphatic carbocycles. The van der Waals surface area contributed by atoms with Crippen molar-refractivity contribution in [3.8, 4) is 0 Å². The van der Waals surface area contributed by atoms with Crippen LogP contribution in [0.15, 0.2) is 30.5 Å². The molecule has 104 valence electrons. The maximum absolute atomic E-state index is 13.0. The van der Waals surface area contributed by atoms with Gasteiger partial charge in [-0.2, -0.15) is 0 Å². The molecule has 0 saturated heterocycles. The zero-order valence-corrected chi connectivity index (χ0v) is 10.9. The molecule has 0 aliphatic heterocycles. The second-order valence-electron chi connectivity index (χ2n) is 4.04. The minimum atomic E-state index is -0.972. The molecule has 0 unspecified atom stereocenters. The molecule has 0 radical (unpaired) electrons. The van der Waals surface area contributed by atoms with E-state index >= 15 is 0 Å². The quantitative estimate of drug-likeness (QED) is 0.856. The average Bonchev–Trinajstić information content (AvgIpc) is 2.42. The number of nitrogens with zero attached hydrogens (tertiary/aromatic N) is 1. The van der Waals surface area contributed by atoms with Crippen molar-refractivity contribution in [1.82, 2.24) is 10.3 Å². The molecular weight excluding hydrogens is 288 g/mol. The van der Waals surface area contributed by atoms with Gasteiger partial charge in [0.1, 0.15) is 5.15 Å². The smallest absolute Gasteiger partial charge is 0.254 e. The maximum atomic E-state index is 13.0. The van der Waals surface area contributed by atoms with Crippen molar-refractivity contribution in [3.05, 3.63) is 58.4 Å². The van der Waals surface area contributed by atoms with E-state index in [1.165, 1.54) is 18.3 Å². The van der Waals surface area contributed by atoms with Gasteiger partial charge in [0, 0.05) is 6.54 Å². The van der Waals surface area contributed by atoms with Crippen molar-refractivity contribution in [2.75, 3.05) is 5.73 Å². The summed E-state index contributed by atoms with van der Waals surface area (Å²) in [6.45, 7) is 0.0289. The summed E-state index contributed by atoms with van der Waals surface area (Å²) in [6, 6.07) is 4.76. The van der Waals surface area contributed by atoms with Crippen molar-refractivity contribution in [3.63, 3.8) is 0 Å². The van der Waals surface area contributed by atoms with Crippen LogP contribution in [0.5, 0.6) is 0 Å². The van der Waals surface area contributed by atoms with Crippen molar-refractivity contribution >= 4 is 23.2 Å². The Labute approximate surface area is 118 Å². The van der Waals surface area contributed by atoms with E-state index in [4.69, 9.17) is 17.3 Å². The largest absolute Gasteiger partial charge is 0.397 e. The number of hydrogen-bond donors (Lipinski definition) is 2. The van der Waals surface area contributed by atoms with Crippen LogP contribution in [0, 0.1) is 11.6 Å². The Balaban J connectivity index is 2.08. The molecule has 0 fully saturated rings. The summed E-state index contributed by atoms with van der Waals surface area (Å²) in [5, 5.41) is 2.54. The first-order valence-corrected chi connectivity index (χ1v) is 5.98. The number of benzene rings is 1. The number of amides is 1. The van der Waals surface area contributed by atoms with Gasteiger partial charge in [-0.15, -0.1) is 0 Å². The summed E-state index contributed by atoms with van der Waals surface area (Å²) < 4.78 is 25.8. The van der Waals surface area contributed by atoms with Gasteiger partial charge in [-0.05, 0) is 23.8 Å². The molecule has 7 heteroatoms. The van der Waals surface area contributed by atoms with Crippen molar-refractivity contribution in [1.29, 1.82) is 0 Å². The minimum absolute atomic E-state index is 0.0157. The molecule has 2 rings (SSSR count). The van der Waals surface area contributed by atoms with Crippen LogP contribution in [-0.2, 0) is 6.54 Å². The summed E-state index contributed by atoms with van der Waals surface area (Å²) in [5.74, 6) is -2.41. The zero-order valence-electron chi connectivity index (χ0n) is 10.2. The molecule has 1 aromatic carbocycles. The molecule has 2 aromatic rings. The van der Waals surface area contributed by atoms with Gasteiger partial charge in [-0.1, -0.05) is 17.7 Å². The lowest BCUT2D eigenvalue weighted by Gasteiger charge is -2.07. The van der Waals surface area contributed by atoms with Crippen molar-refractivity contribution < 1.29 is 13.6 Å². The molecule has 0 bridgehead atoms. The fourth-order valence-electron chi connectivity index (χ4n) is 1.55. The number of carbonyl (C=O) groups is 1. The molecule has 1 heterocycles. The first kappa shape index (κ1) is 14.2. The van der Waals surface area contributed by atoms with Gasteiger partial charge in [0.25, 0.3) is 5.91 Å². The number of anilines is 1. The Morgan fingerprint density at radius 1 is 1.30 bits per heavy atom. The third-order valence-electron chi connectivity index (χ3n) is 2.54. The fraction of sp³-hybridized carbons (Fsp3) is 0.0769. The van der Waals surface area contributed by atoms with Crippen LogP contribution in [-0.4, -0.2) is 10.9 Å². The number of aromatic nitrogens is 1. The average molecular weight is 298 g/mol. The van der Waals surface area contributed by atoms with Gasteiger partial charge in [0.15, 0.2) is 11.6 Å². The monoisotopic (exact) mass is 297 g/mol. The van der Waals surface area contributed by atoms with E-state index in [1.54, 1.807) is 0 Å². The van der Waals surface area contributed by atoms with Crippen molar-refractivity contribution in [2.45, 2.75) is 6.54 Å². The van der Waals surface area contributed by atoms with Gasteiger partial charge in [-0.3, -0.25) is 4.79 Å². The summed E-state index contributed by atoms with van der Waals surface area (Å²) in [5.41, 5.74) is 6.36. The van der Waals surface area contributed by atoms with Gasteiger partial charge < -0.3 is 11.1 Å². The summed E-state index contributed by atoms with van der Waals surface area (Å²) in [4.78, 5) is 15.6. The van der Waals surface area contributed by atoms with E-state index in [-0.39, 0.29) is 17.3 Å². The van der Waals surface area contributed by atoms with E-state index < -0.39 is 17.5 Å². The third kappa shape index (κ3) is 3.21. The normalized spacial score (nSPS) is 10.3. The number of carbonyl (C=O) groups excluding carboxylic acids is 1. The van der Waals surface area contributed by atoms with Crippen LogP contribution in [0.3, 0.4) is 0 Å². The Hall–Kier alpha value is -2.21. The molecule has 0 spiro atoms. The molecule has 1 amide bonds. The first-order chi connectivity index (χ1) is 9.47. The zero-order chi connectivity index (χ0) is 14.7. The number of nitrogen functional groups attached to an aromatic ring is 1. The second kappa shape index (κ2) is 5.83. The van der Waals surface area contributed by atoms with Gasteiger partial charge >= 0.3 is 0 Å². The van der Waals surface area contributed by atoms with Crippen LogP contribution in [0.25, 0.3) is 0 Å². The number of nitrogens with one attached hydrogen (secondary N) is 1. The summed E-state index contributed by atoms with van der Waals surface area (Å²) >= 11 is 5.78. The Morgan fingerprint density at radius 3 is 2.75 bits per heavy atom. The van der Waals surface area contributed by atoms with E-state index in [9.17, 15) is 13.6 Å². The SMILES string of the molecule is Nc1cnc(Cl)c(C(=O)NCc2ccc(F)c(F)c2)c1. The number of nitrogens with two attached hydrogens (primary N) is 1. The second-order valence-corrected chi connectivity index (χ2v) is 4.40. The lowest BCUT2D eigenvalue weighted by Crippen LogP contribution is -2.23. The lowest BCUT2D eigenvalue weighted by atomic mass is 10.2. The Morgan fingerprint density at radius 2 is 2.05 bits per heavy atom. The highest BCUT2D eigenvalue weighted by Gasteiger charge is 2.12. The van der Waals surface area contributed by atoms with Gasteiger partial charge in [0.05, 0.1) is 17.4 Å². The third-order valence-corrected chi connectivity index (χ3v) is 2.84. The van der Waals surface area contributed by atoms with E-state index in [1.807, 2.05) is 0 Å². The van der Waals surface area contributed by atoms with E-state index in [0.29, 0.717) is 11.3 Å². The van der Waals surface area contributed by atoms with E-state index in [0.717, 1.165) is 12.1 Å². The van der Waals surface area contributed by atoms with Crippen LogP contribution < -0.4 is 11.1 Å². The molecule has 20 heavy (non-hydrogen) atoms. The van der Waals surface area contributed by atoms with Crippen LogP contribution >= 0.6 is 11.6 Å². The van der Waals surface area contributed by atoms with E-state index in [2.05, 4.69) is 10.3 Å². The molecule has 4 nitrogen and oxygen atoms in total. The molecule has 0 aliphatic rings. The highest BCUT2D eigenvalue weighted by Crippen LogP contribution is 2.15.